The van der Waals surface area contributed by atoms with Gasteiger partial charge in [-0.2, -0.15) is 18.3 Å². The molecule has 166 valence electrons. The molecule has 0 saturated carbocycles. The second-order valence-corrected chi connectivity index (χ2v) is 7.05. The number of carbonyl (C=O) groups is 1. The number of anilines is 1. The number of nitrogens with one attached hydrogen (secondary N) is 2. The summed E-state index contributed by atoms with van der Waals surface area (Å²) in [5, 5.41) is 7.13. The number of benzene rings is 3. The summed E-state index contributed by atoms with van der Waals surface area (Å²) in [6.07, 6.45) is -3.03. The third kappa shape index (κ3) is 6.75. The summed E-state index contributed by atoms with van der Waals surface area (Å²) in [4.78, 5) is 12.0. The molecule has 9 heteroatoms. The van der Waals surface area contributed by atoms with E-state index in [1.54, 1.807) is 30.3 Å². The van der Waals surface area contributed by atoms with E-state index in [9.17, 15) is 18.0 Å². The Bertz CT molecular complexity index is 1100. The standard InChI is InChI=1S/C23H19ClF3N3O2/c24-20-10-3-1-7-17(20)15-32-21-11-4-2-6-16(21)13-29-30-22(31)14-28-19-9-5-8-18(12-19)23(25,26)27/h1-13,28H,14-15H2,(H,30,31)/b29-13-. The van der Waals surface area contributed by atoms with Crippen molar-refractivity contribution in [3.05, 3.63) is 94.5 Å². The van der Waals surface area contributed by atoms with Gasteiger partial charge in [-0.05, 0) is 36.4 Å². The minimum Gasteiger partial charge on any atom is -0.488 e. The van der Waals surface area contributed by atoms with Gasteiger partial charge >= 0.3 is 6.18 Å². The van der Waals surface area contributed by atoms with Gasteiger partial charge in [0.05, 0.1) is 18.3 Å². The van der Waals surface area contributed by atoms with Crippen LogP contribution in [0.3, 0.4) is 0 Å². The summed E-state index contributed by atoms with van der Waals surface area (Å²) in [6, 6.07) is 19.0. The first-order chi connectivity index (χ1) is 15.3. The highest BCUT2D eigenvalue weighted by Gasteiger charge is 2.30. The molecule has 3 aromatic rings. The second kappa shape index (κ2) is 10.7. The zero-order valence-corrected chi connectivity index (χ0v) is 17.5. The quantitative estimate of drug-likeness (QED) is 0.344. The fraction of sp³-hybridized carbons (Fsp3) is 0.130. The van der Waals surface area contributed by atoms with E-state index in [1.165, 1.54) is 18.3 Å². The van der Waals surface area contributed by atoms with Gasteiger partial charge in [-0.1, -0.05) is 48.0 Å². The molecule has 0 bridgehead atoms. The highest BCUT2D eigenvalue weighted by Crippen LogP contribution is 2.30. The summed E-state index contributed by atoms with van der Waals surface area (Å²) in [6.45, 7) is 0.0150. The Morgan fingerprint density at radius 1 is 1.03 bits per heavy atom. The molecule has 0 saturated heterocycles. The number of hydrazone groups is 1. The fourth-order valence-corrected chi connectivity index (χ4v) is 2.88. The summed E-state index contributed by atoms with van der Waals surface area (Å²) >= 11 is 6.14. The topological polar surface area (TPSA) is 62.7 Å². The molecule has 1 amide bonds. The Labute approximate surface area is 187 Å². The van der Waals surface area contributed by atoms with E-state index >= 15 is 0 Å². The maximum atomic E-state index is 12.8. The number of para-hydroxylation sites is 1. The summed E-state index contributed by atoms with van der Waals surface area (Å²) in [7, 11) is 0. The van der Waals surface area contributed by atoms with E-state index in [0.29, 0.717) is 16.3 Å². The first kappa shape index (κ1) is 23.1. The number of rotatable bonds is 8. The molecule has 0 aliphatic rings. The molecule has 0 atom stereocenters. The van der Waals surface area contributed by atoms with Crippen molar-refractivity contribution in [2.24, 2.45) is 5.10 Å². The number of hydrogen-bond donors (Lipinski definition) is 2. The Balaban J connectivity index is 1.54. The molecule has 0 spiro atoms. The molecule has 0 aromatic heterocycles. The SMILES string of the molecule is O=C(CNc1cccc(C(F)(F)F)c1)N/N=C\c1ccccc1OCc1ccccc1Cl. The van der Waals surface area contributed by atoms with Crippen molar-refractivity contribution in [3.63, 3.8) is 0 Å². The average molecular weight is 462 g/mol. The summed E-state index contributed by atoms with van der Waals surface area (Å²) in [5.41, 5.74) is 3.17. The number of amides is 1. The first-order valence-electron chi connectivity index (χ1n) is 9.51. The van der Waals surface area contributed by atoms with E-state index in [0.717, 1.165) is 17.7 Å². The van der Waals surface area contributed by atoms with Gasteiger partial charge in [0.1, 0.15) is 12.4 Å². The molecule has 0 aliphatic heterocycles. The molecule has 0 heterocycles. The minimum atomic E-state index is -4.45. The molecule has 3 aromatic carbocycles. The van der Waals surface area contributed by atoms with Crippen molar-refractivity contribution in [1.82, 2.24) is 5.43 Å². The van der Waals surface area contributed by atoms with Crippen LogP contribution in [-0.2, 0) is 17.6 Å². The molecule has 0 unspecified atom stereocenters. The van der Waals surface area contributed by atoms with Crippen molar-refractivity contribution in [3.8, 4) is 5.75 Å². The Morgan fingerprint density at radius 2 is 1.78 bits per heavy atom. The lowest BCUT2D eigenvalue weighted by Gasteiger charge is -2.10. The monoisotopic (exact) mass is 461 g/mol. The Morgan fingerprint density at radius 3 is 2.56 bits per heavy atom. The second-order valence-electron chi connectivity index (χ2n) is 6.64. The van der Waals surface area contributed by atoms with Crippen molar-refractivity contribution in [2.45, 2.75) is 12.8 Å². The van der Waals surface area contributed by atoms with Crippen LogP contribution in [0.1, 0.15) is 16.7 Å². The Hall–Kier alpha value is -3.52. The van der Waals surface area contributed by atoms with Gasteiger partial charge in [-0.25, -0.2) is 5.43 Å². The zero-order valence-electron chi connectivity index (χ0n) is 16.7. The lowest BCUT2D eigenvalue weighted by atomic mass is 10.2. The number of hydrogen-bond acceptors (Lipinski definition) is 4. The van der Waals surface area contributed by atoms with Crippen LogP contribution in [0, 0.1) is 0 Å². The van der Waals surface area contributed by atoms with Crippen LogP contribution < -0.4 is 15.5 Å². The first-order valence-corrected chi connectivity index (χ1v) is 9.89. The lowest BCUT2D eigenvalue weighted by molar-refractivity contribution is -0.137. The van der Waals surface area contributed by atoms with Crippen LogP contribution in [0.2, 0.25) is 5.02 Å². The minimum absolute atomic E-state index is 0.178. The van der Waals surface area contributed by atoms with Crippen LogP contribution >= 0.6 is 11.6 Å². The lowest BCUT2D eigenvalue weighted by Crippen LogP contribution is -2.26. The van der Waals surface area contributed by atoms with E-state index < -0.39 is 17.6 Å². The highest BCUT2D eigenvalue weighted by atomic mass is 35.5. The van der Waals surface area contributed by atoms with Crippen molar-refractivity contribution in [2.75, 3.05) is 11.9 Å². The molecular weight excluding hydrogens is 443 g/mol. The number of carbonyl (C=O) groups excluding carboxylic acids is 1. The predicted octanol–water partition coefficient (Wildman–Crippen LogP) is 5.50. The van der Waals surface area contributed by atoms with Crippen molar-refractivity contribution >= 4 is 29.4 Å². The number of nitrogens with zero attached hydrogens (tertiary/aromatic N) is 1. The van der Waals surface area contributed by atoms with Crippen molar-refractivity contribution < 1.29 is 22.7 Å². The normalized spacial score (nSPS) is 11.4. The molecule has 0 fully saturated rings. The van der Waals surface area contributed by atoms with E-state index in [-0.39, 0.29) is 18.8 Å². The third-order valence-corrected chi connectivity index (χ3v) is 4.66. The van der Waals surface area contributed by atoms with Gasteiger partial charge in [0.15, 0.2) is 0 Å². The van der Waals surface area contributed by atoms with Gasteiger partial charge < -0.3 is 10.1 Å². The van der Waals surface area contributed by atoms with E-state index in [1.807, 2.05) is 18.2 Å². The summed E-state index contributed by atoms with van der Waals surface area (Å²) in [5.74, 6) is 0.0284. The van der Waals surface area contributed by atoms with Crippen LogP contribution in [0.5, 0.6) is 5.75 Å². The number of alkyl halides is 3. The van der Waals surface area contributed by atoms with E-state index in [2.05, 4.69) is 15.8 Å². The molecule has 32 heavy (non-hydrogen) atoms. The van der Waals surface area contributed by atoms with Crippen LogP contribution in [-0.4, -0.2) is 18.7 Å². The summed E-state index contributed by atoms with van der Waals surface area (Å²) < 4.78 is 44.1. The molecule has 5 nitrogen and oxygen atoms in total. The number of ether oxygens (including phenoxy) is 1. The van der Waals surface area contributed by atoms with E-state index in [4.69, 9.17) is 16.3 Å². The maximum Gasteiger partial charge on any atom is 0.416 e. The average Bonchev–Trinajstić information content (AvgIpc) is 2.77. The zero-order chi connectivity index (χ0) is 23.0. The molecular formula is C23H19ClF3N3O2. The molecule has 0 aliphatic carbocycles. The van der Waals surface area contributed by atoms with Gasteiger partial charge in [-0.15, -0.1) is 0 Å². The maximum absolute atomic E-state index is 12.8. The number of halogens is 4. The van der Waals surface area contributed by atoms with Gasteiger partial charge in [-0.3, -0.25) is 4.79 Å². The fourth-order valence-electron chi connectivity index (χ4n) is 2.69. The molecule has 3 rings (SSSR count). The Kier molecular flexibility index (Phi) is 7.72. The van der Waals surface area contributed by atoms with Gasteiger partial charge in [0.25, 0.3) is 5.91 Å². The van der Waals surface area contributed by atoms with Gasteiger partial charge in [0, 0.05) is 21.8 Å². The largest absolute Gasteiger partial charge is 0.488 e. The van der Waals surface area contributed by atoms with Crippen molar-refractivity contribution in [1.29, 1.82) is 0 Å². The highest BCUT2D eigenvalue weighted by molar-refractivity contribution is 6.31. The van der Waals surface area contributed by atoms with Gasteiger partial charge in [0.2, 0.25) is 0 Å². The van der Waals surface area contributed by atoms with Crippen LogP contribution in [0.15, 0.2) is 77.9 Å². The molecule has 2 N–H and O–H groups in total. The third-order valence-electron chi connectivity index (χ3n) is 4.30. The van der Waals surface area contributed by atoms with Crippen LogP contribution in [0.4, 0.5) is 18.9 Å². The smallest absolute Gasteiger partial charge is 0.416 e. The van der Waals surface area contributed by atoms with Crippen LogP contribution in [0.25, 0.3) is 0 Å². The molecule has 0 radical (unpaired) electrons. The predicted molar refractivity (Wildman–Crippen MR) is 118 cm³/mol.